The third-order valence-corrected chi connectivity index (χ3v) is 2.03. The van der Waals surface area contributed by atoms with Crippen LogP contribution in [0.5, 0.6) is 0 Å². The largest absolute Gasteiger partial charge is 0.418 e. The number of hydrogen-bond acceptors (Lipinski definition) is 2. The van der Waals surface area contributed by atoms with E-state index in [0.29, 0.717) is 6.42 Å². The zero-order valence-electron chi connectivity index (χ0n) is 8.38. The first-order valence-corrected chi connectivity index (χ1v) is 4.68. The summed E-state index contributed by atoms with van der Waals surface area (Å²) in [7, 11) is 0. The summed E-state index contributed by atoms with van der Waals surface area (Å²) in [5.74, 6) is 0. The molecule has 0 unspecified atom stereocenters. The van der Waals surface area contributed by atoms with E-state index in [-0.39, 0.29) is 18.2 Å². The molecule has 1 aromatic rings. The molecule has 0 aliphatic carbocycles. The van der Waals surface area contributed by atoms with Crippen LogP contribution in [0.2, 0.25) is 0 Å². The maximum absolute atomic E-state index is 12.5. The molecule has 1 aromatic heterocycles. The number of aryl methyl sites for hydroxylation is 1. The lowest BCUT2D eigenvalue weighted by molar-refractivity contribution is -0.138. The number of rotatable bonds is 3. The van der Waals surface area contributed by atoms with Gasteiger partial charge in [0.25, 0.3) is 0 Å². The van der Waals surface area contributed by atoms with E-state index in [1.165, 1.54) is 12.3 Å². The summed E-state index contributed by atoms with van der Waals surface area (Å²) in [4.78, 5) is 3.74. The highest BCUT2D eigenvalue weighted by Crippen LogP contribution is 2.31. The summed E-state index contributed by atoms with van der Waals surface area (Å²) in [6.07, 6.45) is -2.21. The third kappa shape index (κ3) is 3.51. The summed E-state index contributed by atoms with van der Waals surface area (Å²) in [5, 5.41) is 0. The van der Waals surface area contributed by atoms with Crippen molar-refractivity contribution >= 4 is 0 Å². The zero-order chi connectivity index (χ0) is 11.5. The van der Waals surface area contributed by atoms with E-state index >= 15 is 0 Å². The van der Waals surface area contributed by atoms with Gasteiger partial charge in [-0.15, -0.1) is 0 Å². The van der Waals surface area contributed by atoms with E-state index in [1.54, 1.807) is 6.92 Å². The fourth-order valence-electron chi connectivity index (χ4n) is 1.26. The Kier molecular flexibility index (Phi) is 3.68. The SMILES string of the molecule is C[C@H](N)CCc1ncccc1C(F)(F)F. The molecule has 2 N–H and O–H groups in total. The number of halogens is 3. The molecule has 0 saturated carbocycles. The maximum atomic E-state index is 12.5. The minimum Gasteiger partial charge on any atom is -0.328 e. The van der Waals surface area contributed by atoms with Crippen LogP contribution in [0.25, 0.3) is 0 Å². The molecule has 0 aromatic carbocycles. The fourth-order valence-corrected chi connectivity index (χ4v) is 1.26. The molecule has 0 aliphatic heterocycles. The highest BCUT2D eigenvalue weighted by atomic mass is 19.4. The van der Waals surface area contributed by atoms with Gasteiger partial charge in [0.2, 0.25) is 0 Å². The average Bonchev–Trinajstić information content (AvgIpc) is 2.13. The van der Waals surface area contributed by atoms with E-state index in [2.05, 4.69) is 4.98 Å². The van der Waals surface area contributed by atoms with E-state index in [0.717, 1.165) is 6.07 Å². The first kappa shape index (κ1) is 12.0. The molecule has 0 aliphatic rings. The minimum absolute atomic E-state index is 0.0716. The van der Waals surface area contributed by atoms with Gasteiger partial charge in [-0.2, -0.15) is 13.2 Å². The van der Waals surface area contributed by atoms with Crippen LogP contribution >= 0.6 is 0 Å². The van der Waals surface area contributed by atoms with Crippen molar-refractivity contribution in [3.63, 3.8) is 0 Å². The number of hydrogen-bond donors (Lipinski definition) is 1. The van der Waals surface area contributed by atoms with E-state index < -0.39 is 11.7 Å². The number of aromatic nitrogens is 1. The molecule has 0 fully saturated rings. The highest BCUT2D eigenvalue weighted by molar-refractivity contribution is 5.23. The van der Waals surface area contributed by atoms with Crippen molar-refractivity contribution in [2.45, 2.75) is 32.0 Å². The summed E-state index contributed by atoms with van der Waals surface area (Å²) >= 11 is 0. The van der Waals surface area contributed by atoms with Gasteiger partial charge in [-0.05, 0) is 31.9 Å². The van der Waals surface area contributed by atoms with Gasteiger partial charge >= 0.3 is 6.18 Å². The molecule has 2 nitrogen and oxygen atoms in total. The molecular formula is C10H13F3N2. The van der Waals surface area contributed by atoms with Crippen LogP contribution in [0.15, 0.2) is 18.3 Å². The Hall–Kier alpha value is -1.10. The molecule has 15 heavy (non-hydrogen) atoms. The quantitative estimate of drug-likeness (QED) is 0.845. The Morgan fingerprint density at radius 1 is 1.47 bits per heavy atom. The van der Waals surface area contributed by atoms with E-state index in [9.17, 15) is 13.2 Å². The molecule has 0 saturated heterocycles. The molecule has 1 heterocycles. The van der Waals surface area contributed by atoms with Crippen LogP contribution in [0.3, 0.4) is 0 Å². The molecule has 5 heteroatoms. The Morgan fingerprint density at radius 3 is 2.67 bits per heavy atom. The maximum Gasteiger partial charge on any atom is 0.418 e. The van der Waals surface area contributed by atoms with Crippen molar-refractivity contribution in [3.8, 4) is 0 Å². The van der Waals surface area contributed by atoms with Crippen molar-refractivity contribution in [1.82, 2.24) is 4.98 Å². The monoisotopic (exact) mass is 218 g/mol. The van der Waals surface area contributed by atoms with Crippen molar-refractivity contribution in [2.24, 2.45) is 5.73 Å². The third-order valence-electron chi connectivity index (χ3n) is 2.03. The Bertz CT molecular complexity index is 321. The van der Waals surface area contributed by atoms with Crippen molar-refractivity contribution < 1.29 is 13.2 Å². The van der Waals surface area contributed by atoms with Gasteiger partial charge in [0.1, 0.15) is 0 Å². The fraction of sp³-hybridized carbons (Fsp3) is 0.500. The van der Waals surface area contributed by atoms with Gasteiger partial charge in [0.15, 0.2) is 0 Å². The van der Waals surface area contributed by atoms with E-state index in [1.807, 2.05) is 0 Å². The smallest absolute Gasteiger partial charge is 0.328 e. The molecule has 1 atom stereocenters. The normalized spacial score (nSPS) is 13.9. The van der Waals surface area contributed by atoms with Crippen LogP contribution in [0, 0.1) is 0 Å². The standard InChI is InChI=1S/C10H13F3N2/c1-7(14)4-5-9-8(10(11,12)13)3-2-6-15-9/h2-3,6-7H,4-5,14H2,1H3/t7-/m0/s1. The van der Waals surface area contributed by atoms with Crippen molar-refractivity contribution in [3.05, 3.63) is 29.6 Å². The lowest BCUT2D eigenvalue weighted by atomic mass is 10.1. The molecule has 0 bridgehead atoms. The summed E-state index contributed by atoms with van der Waals surface area (Å²) in [5.41, 5.74) is 4.90. The van der Waals surface area contributed by atoms with Crippen molar-refractivity contribution in [1.29, 1.82) is 0 Å². The molecule has 0 radical (unpaired) electrons. The van der Waals surface area contributed by atoms with Crippen molar-refractivity contribution in [2.75, 3.05) is 0 Å². The van der Waals surface area contributed by atoms with Crippen LogP contribution in [0.1, 0.15) is 24.6 Å². The first-order valence-electron chi connectivity index (χ1n) is 4.68. The number of alkyl halides is 3. The predicted molar refractivity (Wildman–Crippen MR) is 51.2 cm³/mol. The average molecular weight is 218 g/mol. The molecule has 0 spiro atoms. The van der Waals surface area contributed by atoms with Gasteiger partial charge in [0, 0.05) is 12.2 Å². The first-order chi connectivity index (χ1) is 6.91. The minimum atomic E-state index is -4.33. The summed E-state index contributed by atoms with van der Waals surface area (Å²) in [6, 6.07) is 2.22. The van der Waals surface area contributed by atoms with Crippen LogP contribution in [-0.4, -0.2) is 11.0 Å². The molecular weight excluding hydrogens is 205 g/mol. The molecule has 0 amide bonds. The van der Waals surface area contributed by atoms with Crippen LogP contribution < -0.4 is 5.73 Å². The Morgan fingerprint density at radius 2 is 2.13 bits per heavy atom. The van der Waals surface area contributed by atoms with Gasteiger partial charge in [-0.1, -0.05) is 0 Å². The van der Waals surface area contributed by atoms with Gasteiger partial charge in [-0.3, -0.25) is 4.98 Å². The summed E-state index contributed by atoms with van der Waals surface area (Å²) in [6.45, 7) is 1.76. The second kappa shape index (κ2) is 4.61. The van der Waals surface area contributed by atoms with Crippen LogP contribution in [-0.2, 0) is 12.6 Å². The molecule has 1 rings (SSSR count). The van der Waals surface area contributed by atoms with Crippen LogP contribution in [0.4, 0.5) is 13.2 Å². The van der Waals surface area contributed by atoms with E-state index in [4.69, 9.17) is 5.73 Å². The predicted octanol–water partition coefficient (Wildman–Crippen LogP) is 2.38. The van der Waals surface area contributed by atoms with Gasteiger partial charge < -0.3 is 5.73 Å². The topological polar surface area (TPSA) is 38.9 Å². The lowest BCUT2D eigenvalue weighted by Gasteiger charge is -2.12. The number of pyridine rings is 1. The van der Waals surface area contributed by atoms with Gasteiger partial charge in [-0.25, -0.2) is 0 Å². The Labute approximate surface area is 86.3 Å². The number of nitrogens with zero attached hydrogens (tertiary/aromatic N) is 1. The highest BCUT2D eigenvalue weighted by Gasteiger charge is 2.33. The lowest BCUT2D eigenvalue weighted by Crippen LogP contribution is -2.17. The second-order valence-electron chi connectivity index (χ2n) is 3.51. The number of nitrogens with two attached hydrogens (primary N) is 1. The second-order valence-corrected chi connectivity index (χ2v) is 3.51. The molecule has 84 valence electrons. The van der Waals surface area contributed by atoms with Gasteiger partial charge in [0.05, 0.1) is 11.3 Å². The zero-order valence-corrected chi connectivity index (χ0v) is 8.38. The Balaban J connectivity index is 2.87. The summed E-state index contributed by atoms with van der Waals surface area (Å²) < 4.78 is 37.5.